The lowest BCUT2D eigenvalue weighted by Crippen LogP contribution is -2.62. The van der Waals surface area contributed by atoms with Crippen LogP contribution in [0.4, 0.5) is 0 Å². The quantitative estimate of drug-likeness (QED) is 0.559. The van der Waals surface area contributed by atoms with Gasteiger partial charge in [0, 0.05) is 45.3 Å². The summed E-state index contributed by atoms with van der Waals surface area (Å²) in [5, 5.41) is 11.8. The first kappa shape index (κ1) is 8.95. The highest BCUT2D eigenvalue weighted by Crippen LogP contribution is 2.14. The van der Waals surface area contributed by atoms with Crippen molar-refractivity contribution < 1.29 is 0 Å². The van der Waals surface area contributed by atoms with Crippen molar-refractivity contribution in [2.75, 3.05) is 45.8 Å². The van der Waals surface area contributed by atoms with E-state index in [1.54, 1.807) is 0 Å². The lowest BCUT2D eigenvalue weighted by Gasteiger charge is -2.45. The summed E-state index contributed by atoms with van der Waals surface area (Å²) in [5.74, 6) is 0. The first-order valence-electron chi connectivity index (χ1n) is 4.94. The van der Waals surface area contributed by atoms with Gasteiger partial charge in [0.2, 0.25) is 0 Å². The Bertz CT molecular complexity index is 198. The maximum atomic E-state index is 8.48. The molecule has 0 saturated carbocycles. The van der Waals surface area contributed by atoms with Gasteiger partial charge in [-0.1, -0.05) is 0 Å². The van der Waals surface area contributed by atoms with E-state index in [0.29, 0.717) is 6.54 Å². The second-order valence-electron chi connectivity index (χ2n) is 3.79. The molecule has 0 atom stereocenters. The van der Waals surface area contributed by atoms with E-state index < -0.39 is 0 Å². The molecule has 2 aliphatic heterocycles. The zero-order valence-electron chi connectivity index (χ0n) is 7.87. The van der Waals surface area contributed by atoms with E-state index in [1.807, 2.05) is 0 Å². The van der Waals surface area contributed by atoms with Crippen molar-refractivity contribution >= 4 is 0 Å². The molecule has 0 spiro atoms. The summed E-state index contributed by atoms with van der Waals surface area (Å²) in [6.07, 6.45) is 0. The smallest absolute Gasteiger partial charge is 0.0867 e. The van der Waals surface area contributed by atoms with E-state index in [0.717, 1.165) is 32.2 Å². The summed E-state index contributed by atoms with van der Waals surface area (Å²) >= 11 is 0. The fraction of sp³-hybridized carbons (Fsp3) is 0.889. The topological polar surface area (TPSA) is 42.3 Å². The van der Waals surface area contributed by atoms with Crippen molar-refractivity contribution in [3.8, 4) is 6.07 Å². The van der Waals surface area contributed by atoms with E-state index in [-0.39, 0.29) is 0 Å². The van der Waals surface area contributed by atoms with E-state index in [2.05, 4.69) is 21.2 Å². The number of nitrogens with one attached hydrogen (secondary N) is 1. The van der Waals surface area contributed by atoms with Crippen molar-refractivity contribution in [3.05, 3.63) is 0 Å². The number of nitrogens with zero attached hydrogens (tertiary/aromatic N) is 3. The molecule has 4 heteroatoms. The predicted octanol–water partition coefficient (Wildman–Crippen LogP) is -0.901. The number of hydrogen-bond acceptors (Lipinski definition) is 4. The van der Waals surface area contributed by atoms with Gasteiger partial charge in [-0.25, -0.2) is 0 Å². The molecular formula is C9H16N4. The van der Waals surface area contributed by atoms with Crippen LogP contribution in [-0.2, 0) is 0 Å². The fourth-order valence-electron chi connectivity index (χ4n) is 2.05. The third-order valence-electron chi connectivity index (χ3n) is 2.90. The van der Waals surface area contributed by atoms with Crippen LogP contribution in [0.25, 0.3) is 0 Å². The maximum absolute atomic E-state index is 8.48. The minimum absolute atomic E-state index is 0.600. The Hall–Kier alpha value is -0.630. The van der Waals surface area contributed by atoms with Crippen LogP contribution in [0.1, 0.15) is 0 Å². The molecule has 0 radical (unpaired) electrons. The molecule has 1 N–H and O–H groups in total. The molecule has 2 saturated heterocycles. The summed E-state index contributed by atoms with van der Waals surface area (Å²) in [4.78, 5) is 4.73. The van der Waals surface area contributed by atoms with Crippen LogP contribution in [0.5, 0.6) is 0 Å². The summed E-state index contributed by atoms with van der Waals surface area (Å²) in [7, 11) is 0. The van der Waals surface area contributed by atoms with Crippen LogP contribution in [0, 0.1) is 11.3 Å². The Balaban J connectivity index is 1.70. The van der Waals surface area contributed by atoms with Crippen molar-refractivity contribution in [1.82, 2.24) is 15.1 Å². The van der Waals surface area contributed by atoms with Crippen LogP contribution in [0.3, 0.4) is 0 Å². The Morgan fingerprint density at radius 3 is 2.62 bits per heavy atom. The molecule has 13 heavy (non-hydrogen) atoms. The van der Waals surface area contributed by atoms with Crippen LogP contribution >= 0.6 is 0 Å². The lowest BCUT2D eigenvalue weighted by atomic mass is 10.1. The van der Waals surface area contributed by atoms with Gasteiger partial charge in [0.05, 0.1) is 12.6 Å². The van der Waals surface area contributed by atoms with Gasteiger partial charge in [0.1, 0.15) is 0 Å². The molecule has 2 aliphatic rings. The zero-order chi connectivity index (χ0) is 9.10. The van der Waals surface area contributed by atoms with E-state index in [1.165, 1.54) is 13.1 Å². The number of rotatable bonds is 2. The van der Waals surface area contributed by atoms with Crippen LogP contribution < -0.4 is 5.32 Å². The molecule has 0 aliphatic carbocycles. The maximum Gasteiger partial charge on any atom is 0.0867 e. The molecule has 0 bridgehead atoms. The van der Waals surface area contributed by atoms with E-state index >= 15 is 0 Å². The molecule has 0 aromatic carbocycles. The Labute approximate surface area is 79.1 Å². The van der Waals surface area contributed by atoms with Gasteiger partial charge in [0.15, 0.2) is 0 Å². The van der Waals surface area contributed by atoms with Gasteiger partial charge in [-0.3, -0.25) is 9.80 Å². The summed E-state index contributed by atoms with van der Waals surface area (Å²) in [6.45, 7) is 7.36. The molecule has 0 aromatic rings. The van der Waals surface area contributed by atoms with Gasteiger partial charge in [0.25, 0.3) is 0 Å². The van der Waals surface area contributed by atoms with Crippen molar-refractivity contribution in [2.24, 2.45) is 0 Å². The Morgan fingerprint density at radius 1 is 1.31 bits per heavy atom. The standard InChI is InChI=1S/C9H16N4/c10-1-4-12-7-9(8-12)13-5-2-11-3-6-13/h9,11H,2-8H2. The molecule has 2 rings (SSSR count). The summed E-state index contributed by atoms with van der Waals surface area (Å²) < 4.78 is 0. The highest BCUT2D eigenvalue weighted by molar-refractivity contribution is 4.93. The Morgan fingerprint density at radius 2 is 2.00 bits per heavy atom. The minimum Gasteiger partial charge on any atom is -0.314 e. The average molecular weight is 180 g/mol. The number of piperazine rings is 1. The monoisotopic (exact) mass is 180 g/mol. The van der Waals surface area contributed by atoms with Gasteiger partial charge < -0.3 is 5.32 Å². The predicted molar refractivity (Wildman–Crippen MR) is 50.3 cm³/mol. The third-order valence-corrected chi connectivity index (χ3v) is 2.90. The molecule has 72 valence electrons. The minimum atomic E-state index is 0.600. The molecule has 2 fully saturated rings. The van der Waals surface area contributed by atoms with Gasteiger partial charge in [-0.15, -0.1) is 0 Å². The first-order valence-corrected chi connectivity index (χ1v) is 4.94. The molecule has 0 aromatic heterocycles. The highest BCUT2D eigenvalue weighted by Gasteiger charge is 2.31. The van der Waals surface area contributed by atoms with Gasteiger partial charge in [-0.05, 0) is 0 Å². The molecule has 0 unspecified atom stereocenters. The third kappa shape index (κ3) is 1.99. The average Bonchev–Trinajstić information content (AvgIpc) is 2.12. The largest absolute Gasteiger partial charge is 0.314 e. The molecular weight excluding hydrogens is 164 g/mol. The second-order valence-corrected chi connectivity index (χ2v) is 3.79. The van der Waals surface area contributed by atoms with Crippen molar-refractivity contribution in [2.45, 2.75) is 6.04 Å². The van der Waals surface area contributed by atoms with Crippen LogP contribution in [0.15, 0.2) is 0 Å². The Kier molecular flexibility index (Phi) is 2.79. The van der Waals surface area contributed by atoms with Gasteiger partial charge >= 0.3 is 0 Å². The zero-order valence-corrected chi connectivity index (χ0v) is 7.87. The summed E-state index contributed by atoms with van der Waals surface area (Å²) in [6, 6.07) is 2.91. The van der Waals surface area contributed by atoms with Crippen molar-refractivity contribution in [3.63, 3.8) is 0 Å². The highest BCUT2D eigenvalue weighted by atomic mass is 15.3. The first-order chi connectivity index (χ1) is 6.40. The van der Waals surface area contributed by atoms with E-state index in [9.17, 15) is 0 Å². The number of likely N-dealkylation sites (tertiary alicyclic amines) is 1. The SMILES string of the molecule is N#CCN1CC(N2CCNCC2)C1. The van der Waals surface area contributed by atoms with E-state index in [4.69, 9.17) is 5.26 Å². The normalized spacial score (nSPS) is 26.7. The van der Waals surface area contributed by atoms with Crippen molar-refractivity contribution in [1.29, 1.82) is 5.26 Å². The fourth-order valence-corrected chi connectivity index (χ4v) is 2.05. The second kappa shape index (κ2) is 4.05. The van der Waals surface area contributed by atoms with Gasteiger partial charge in [-0.2, -0.15) is 5.26 Å². The number of nitriles is 1. The lowest BCUT2D eigenvalue weighted by molar-refractivity contribution is 0.0360. The molecule has 0 amide bonds. The molecule has 4 nitrogen and oxygen atoms in total. The number of hydrogen-bond donors (Lipinski definition) is 1. The molecule has 2 heterocycles. The summed E-state index contributed by atoms with van der Waals surface area (Å²) in [5.41, 5.74) is 0. The van der Waals surface area contributed by atoms with Crippen LogP contribution in [-0.4, -0.2) is 61.7 Å². The van der Waals surface area contributed by atoms with Crippen LogP contribution in [0.2, 0.25) is 0 Å².